The van der Waals surface area contributed by atoms with Crippen LogP contribution in [0.1, 0.15) is 12.5 Å². The molecule has 0 fully saturated rings. The molecule has 1 heterocycles. The number of methoxy groups -OCH3 is 1. The lowest BCUT2D eigenvalue weighted by atomic mass is 9.97. The van der Waals surface area contributed by atoms with Gasteiger partial charge in [-0.2, -0.15) is 0 Å². The van der Waals surface area contributed by atoms with Crippen molar-refractivity contribution in [1.82, 2.24) is 0 Å². The molecule has 0 saturated carbocycles. The van der Waals surface area contributed by atoms with E-state index in [-0.39, 0.29) is 18.1 Å². The zero-order valence-electron chi connectivity index (χ0n) is 10.2. The standard InChI is InChI=1S/C13H18N2O2/c1-9(13(16)17-2)15-8-11(14)7-10-5-3-4-6-12(10)15/h3-6,9,11H,7-8,14H2,1-2H3. The molecule has 0 aromatic heterocycles. The summed E-state index contributed by atoms with van der Waals surface area (Å²) in [7, 11) is 1.41. The number of hydrogen-bond acceptors (Lipinski definition) is 4. The highest BCUT2D eigenvalue weighted by Gasteiger charge is 2.29. The van der Waals surface area contributed by atoms with Crippen molar-refractivity contribution < 1.29 is 9.53 Å². The zero-order chi connectivity index (χ0) is 12.4. The maximum atomic E-state index is 11.6. The van der Waals surface area contributed by atoms with E-state index in [4.69, 9.17) is 10.5 Å². The Kier molecular flexibility index (Phi) is 3.33. The van der Waals surface area contributed by atoms with Crippen molar-refractivity contribution >= 4 is 11.7 Å². The smallest absolute Gasteiger partial charge is 0.328 e. The molecule has 2 atom stereocenters. The predicted octanol–water partition coefficient (Wildman–Crippen LogP) is 0.938. The fourth-order valence-electron chi connectivity index (χ4n) is 2.33. The number of benzene rings is 1. The Morgan fingerprint density at radius 1 is 1.53 bits per heavy atom. The Labute approximate surface area is 101 Å². The molecule has 2 N–H and O–H groups in total. The summed E-state index contributed by atoms with van der Waals surface area (Å²) < 4.78 is 4.79. The second-order valence-electron chi connectivity index (χ2n) is 4.44. The molecule has 0 spiro atoms. The average Bonchev–Trinajstić information content (AvgIpc) is 2.35. The summed E-state index contributed by atoms with van der Waals surface area (Å²) in [5, 5.41) is 0. The Hall–Kier alpha value is -1.55. The van der Waals surface area contributed by atoms with Crippen LogP contribution in [-0.4, -0.2) is 31.7 Å². The fraction of sp³-hybridized carbons (Fsp3) is 0.462. The highest BCUT2D eigenvalue weighted by atomic mass is 16.5. The van der Waals surface area contributed by atoms with Crippen LogP contribution in [-0.2, 0) is 16.0 Å². The van der Waals surface area contributed by atoms with Crippen molar-refractivity contribution in [2.24, 2.45) is 5.73 Å². The molecule has 1 aromatic rings. The third kappa shape index (κ3) is 2.26. The van der Waals surface area contributed by atoms with Gasteiger partial charge >= 0.3 is 5.97 Å². The van der Waals surface area contributed by atoms with E-state index < -0.39 is 0 Å². The van der Waals surface area contributed by atoms with Gasteiger partial charge in [-0.05, 0) is 25.0 Å². The molecule has 1 aliphatic heterocycles. The Morgan fingerprint density at radius 3 is 2.94 bits per heavy atom. The van der Waals surface area contributed by atoms with Crippen LogP contribution in [0.4, 0.5) is 5.69 Å². The first-order chi connectivity index (χ1) is 8.13. The molecule has 0 amide bonds. The predicted molar refractivity (Wildman–Crippen MR) is 66.9 cm³/mol. The lowest BCUT2D eigenvalue weighted by Crippen LogP contribution is -2.50. The fourth-order valence-corrected chi connectivity index (χ4v) is 2.33. The molecule has 0 aliphatic carbocycles. The van der Waals surface area contributed by atoms with Gasteiger partial charge in [-0.3, -0.25) is 0 Å². The number of para-hydroxylation sites is 1. The van der Waals surface area contributed by atoms with Gasteiger partial charge in [0.15, 0.2) is 0 Å². The largest absolute Gasteiger partial charge is 0.467 e. The molecular formula is C13H18N2O2. The monoisotopic (exact) mass is 234 g/mol. The van der Waals surface area contributed by atoms with Crippen molar-refractivity contribution in [3.8, 4) is 0 Å². The van der Waals surface area contributed by atoms with Crippen LogP contribution in [0, 0.1) is 0 Å². The van der Waals surface area contributed by atoms with E-state index >= 15 is 0 Å². The average molecular weight is 234 g/mol. The van der Waals surface area contributed by atoms with E-state index in [2.05, 4.69) is 6.07 Å². The minimum atomic E-state index is -0.299. The Balaban J connectivity index is 2.32. The first kappa shape index (κ1) is 11.9. The van der Waals surface area contributed by atoms with Crippen LogP contribution < -0.4 is 10.6 Å². The van der Waals surface area contributed by atoms with Gasteiger partial charge in [0, 0.05) is 18.3 Å². The van der Waals surface area contributed by atoms with Crippen LogP contribution in [0.2, 0.25) is 0 Å². The molecule has 4 heteroatoms. The molecule has 0 radical (unpaired) electrons. The quantitative estimate of drug-likeness (QED) is 0.774. The van der Waals surface area contributed by atoms with Crippen LogP contribution >= 0.6 is 0 Å². The molecule has 2 unspecified atom stereocenters. The number of carbonyl (C=O) groups is 1. The van der Waals surface area contributed by atoms with Gasteiger partial charge < -0.3 is 15.4 Å². The topological polar surface area (TPSA) is 55.6 Å². The number of ether oxygens (including phenoxy) is 1. The van der Waals surface area contributed by atoms with Crippen LogP contribution in [0.3, 0.4) is 0 Å². The molecular weight excluding hydrogens is 216 g/mol. The molecule has 4 nitrogen and oxygen atoms in total. The zero-order valence-corrected chi connectivity index (χ0v) is 10.2. The van der Waals surface area contributed by atoms with Crippen LogP contribution in [0.5, 0.6) is 0 Å². The van der Waals surface area contributed by atoms with Gasteiger partial charge in [0.1, 0.15) is 6.04 Å². The maximum absolute atomic E-state index is 11.6. The van der Waals surface area contributed by atoms with E-state index in [1.807, 2.05) is 30.0 Å². The minimum absolute atomic E-state index is 0.0667. The SMILES string of the molecule is COC(=O)C(C)N1CC(N)Cc2ccccc21. The number of carbonyl (C=O) groups excluding carboxylic acids is 1. The van der Waals surface area contributed by atoms with Crippen LogP contribution in [0.15, 0.2) is 24.3 Å². The van der Waals surface area contributed by atoms with Gasteiger partial charge in [-0.1, -0.05) is 18.2 Å². The highest BCUT2D eigenvalue weighted by molar-refractivity contribution is 5.80. The van der Waals surface area contributed by atoms with Gasteiger partial charge in [0.05, 0.1) is 7.11 Å². The molecule has 0 saturated heterocycles. The summed E-state index contributed by atoms with van der Waals surface area (Å²) >= 11 is 0. The maximum Gasteiger partial charge on any atom is 0.328 e. The first-order valence-electron chi connectivity index (χ1n) is 5.81. The summed E-state index contributed by atoms with van der Waals surface area (Å²) in [5.74, 6) is -0.228. The lowest BCUT2D eigenvalue weighted by Gasteiger charge is -2.37. The van der Waals surface area contributed by atoms with Gasteiger partial charge in [0.2, 0.25) is 0 Å². The number of hydrogen-bond donors (Lipinski definition) is 1. The molecule has 1 aliphatic rings. The number of rotatable bonds is 2. The highest BCUT2D eigenvalue weighted by Crippen LogP contribution is 2.28. The van der Waals surface area contributed by atoms with E-state index in [1.165, 1.54) is 12.7 Å². The molecule has 2 rings (SSSR count). The van der Waals surface area contributed by atoms with E-state index in [0.717, 1.165) is 12.1 Å². The van der Waals surface area contributed by atoms with Crippen LogP contribution in [0.25, 0.3) is 0 Å². The third-order valence-electron chi connectivity index (χ3n) is 3.22. The Morgan fingerprint density at radius 2 is 2.24 bits per heavy atom. The van der Waals surface area contributed by atoms with Crippen molar-refractivity contribution in [2.75, 3.05) is 18.6 Å². The molecule has 0 bridgehead atoms. The van der Waals surface area contributed by atoms with E-state index in [9.17, 15) is 4.79 Å². The number of nitrogens with two attached hydrogens (primary N) is 1. The second kappa shape index (κ2) is 4.75. The number of esters is 1. The lowest BCUT2D eigenvalue weighted by molar-refractivity contribution is -0.141. The first-order valence-corrected chi connectivity index (χ1v) is 5.81. The number of anilines is 1. The van der Waals surface area contributed by atoms with Crippen molar-refractivity contribution in [3.63, 3.8) is 0 Å². The van der Waals surface area contributed by atoms with Gasteiger partial charge in [-0.25, -0.2) is 4.79 Å². The Bertz CT molecular complexity index is 420. The van der Waals surface area contributed by atoms with Gasteiger partial charge in [-0.15, -0.1) is 0 Å². The summed E-state index contributed by atoms with van der Waals surface area (Å²) in [5.41, 5.74) is 8.31. The molecule has 17 heavy (non-hydrogen) atoms. The van der Waals surface area contributed by atoms with Crippen molar-refractivity contribution in [2.45, 2.75) is 25.4 Å². The number of fused-ring (bicyclic) bond motifs is 1. The third-order valence-corrected chi connectivity index (χ3v) is 3.22. The minimum Gasteiger partial charge on any atom is -0.467 e. The molecule has 1 aromatic carbocycles. The van der Waals surface area contributed by atoms with Crippen molar-refractivity contribution in [1.29, 1.82) is 0 Å². The van der Waals surface area contributed by atoms with Crippen molar-refractivity contribution in [3.05, 3.63) is 29.8 Å². The normalized spacial score (nSPS) is 20.6. The summed E-state index contributed by atoms with van der Waals surface area (Å²) in [6.07, 6.45) is 0.862. The van der Waals surface area contributed by atoms with E-state index in [0.29, 0.717) is 6.54 Å². The second-order valence-corrected chi connectivity index (χ2v) is 4.44. The summed E-state index contributed by atoms with van der Waals surface area (Å²) in [4.78, 5) is 13.6. The summed E-state index contributed by atoms with van der Waals surface area (Å²) in [6, 6.07) is 7.83. The number of nitrogens with zero attached hydrogens (tertiary/aromatic N) is 1. The molecule has 92 valence electrons. The van der Waals surface area contributed by atoms with E-state index in [1.54, 1.807) is 0 Å². The van der Waals surface area contributed by atoms with Gasteiger partial charge in [0.25, 0.3) is 0 Å². The summed E-state index contributed by atoms with van der Waals surface area (Å²) in [6.45, 7) is 2.54.